The van der Waals surface area contributed by atoms with Gasteiger partial charge in [-0.25, -0.2) is 9.29 Å². The van der Waals surface area contributed by atoms with E-state index in [-0.39, 0.29) is 30.2 Å². The summed E-state index contributed by atoms with van der Waals surface area (Å²) in [5.74, 6) is -6.65. The highest BCUT2D eigenvalue weighted by atomic mass is 35.5. The van der Waals surface area contributed by atoms with Crippen molar-refractivity contribution in [2.24, 2.45) is 17.8 Å². The third kappa shape index (κ3) is 3.99. The summed E-state index contributed by atoms with van der Waals surface area (Å²) in [6.45, 7) is 2.02. The lowest BCUT2D eigenvalue weighted by Crippen LogP contribution is -2.60. The zero-order valence-electron chi connectivity index (χ0n) is 25.7. The van der Waals surface area contributed by atoms with Gasteiger partial charge in [0.15, 0.2) is 9.75 Å². The van der Waals surface area contributed by atoms with Crippen LogP contribution in [0.25, 0.3) is 10.8 Å². The lowest BCUT2D eigenvalue weighted by molar-refractivity contribution is -0.125. The summed E-state index contributed by atoms with van der Waals surface area (Å²) in [6.07, 6.45) is 2.62. The number of carbonyl (C=O) groups excluding carboxylic acids is 4. The van der Waals surface area contributed by atoms with Crippen LogP contribution in [0, 0.1) is 23.6 Å². The Morgan fingerprint density at radius 2 is 1.48 bits per heavy atom. The van der Waals surface area contributed by atoms with E-state index in [2.05, 4.69) is 0 Å². The Morgan fingerprint density at radius 1 is 0.812 bits per heavy atom. The number of aromatic hydroxyl groups is 1. The van der Waals surface area contributed by atoms with Crippen LogP contribution in [0.3, 0.4) is 0 Å². The molecular formula is C38H29Cl2FN2O5. The monoisotopic (exact) mass is 682 g/mol. The first-order valence-electron chi connectivity index (χ1n) is 15.9. The fraction of sp³-hybridized carbons (Fsp3) is 0.263. The molecule has 4 aliphatic rings. The van der Waals surface area contributed by atoms with Gasteiger partial charge in [0, 0.05) is 11.5 Å². The van der Waals surface area contributed by atoms with E-state index in [1.807, 2.05) is 37.3 Å². The molecule has 2 aliphatic carbocycles. The maximum Gasteiger partial charge on any atom is 0.258 e. The van der Waals surface area contributed by atoms with Crippen LogP contribution in [0.5, 0.6) is 5.75 Å². The molecule has 6 unspecified atom stereocenters. The van der Waals surface area contributed by atoms with Gasteiger partial charge in [-0.1, -0.05) is 61.0 Å². The first-order chi connectivity index (χ1) is 23.0. The molecule has 0 bridgehead atoms. The van der Waals surface area contributed by atoms with Crippen molar-refractivity contribution in [3.8, 4) is 5.75 Å². The Morgan fingerprint density at radius 3 is 2.19 bits per heavy atom. The summed E-state index contributed by atoms with van der Waals surface area (Å²) in [4.78, 5) is 55.3. The number of imide groups is 2. The number of rotatable bonds is 4. The zero-order valence-corrected chi connectivity index (χ0v) is 27.2. The van der Waals surface area contributed by atoms with Crippen molar-refractivity contribution < 1.29 is 28.7 Å². The maximum atomic E-state index is 14.7. The minimum atomic E-state index is -2.15. The topological polar surface area (TPSA) is 95.0 Å². The number of phenols is 1. The van der Waals surface area contributed by atoms with E-state index in [9.17, 15) is 28.7 Å². The molecule has 7 nitrogen and oxygen atoms in total. The number of amides is 4. The van der Waals surface area contributed by atoms with Crippen LogP contribution in [-0.2, 0) is 25.6 Å². The lowest BCUT2D eigenvalue weighted by atomic mass is 9.56. The molecule has 2 heterocycles. The normalized spacial score (nSPS) is 29.6. The van der Waals surface area contributed by atoms with E-state index in [1.54, 1.807) is 30.3 Å². The average molecular weight is 684 g/mol. The van der Waals surface area contributed by atoms with Gasteiger partial charge < -0.3 is 5.11 Å². The molecule has 242 valence electrons. The molecule has 4 amide bonds. The minimum Gasteiger partial charge on any atom is -0.508 e. The fourth-order valence-electron chi connectivity index (χ4n) is 8.44. The van der Waals surface area contributed by atoms with Gasteiger partial charge in [0.25, 0.3) is 11.8 Å². The Kier molecular flexibility index (Phi) is 6.89. The van der Waals surface area contributed by atoms with Gasteiger partial charge in [0.2, 0.25) is 11.8 Å². The summed E-state index contributed by atoms with van der Waals surface area (Å²) in [5, 5.41) is 12.9. The molecule has 0 radical (unpaired) electrons. The number of phenolic OH excluding ortho intramolecular Hbond substituents is 1. The second-order valence-corrected chi connectivity index (χ2v) is 14.2. The molecule has 1 saturated carbocycles. The van der Waals surface area contributed by atoms with Crippen molar-refractivity contribution >= 4 is 69.0 Å². The number of nitrogens with zero attached hydrogens (tertiary/aromatic N) is 2. The average Bonchev–Trinajstić information content (AvgIpc) is 3.43. The molecule has 2 aliphatic heterocycles. The van der Waals surface area contributed by atoms with E-state index < -0.39 is 57.0 Å². The van der Waals surface area contributed by atoms with E-state index in [1.165, 1.54) is 23.1 Å². The fourth-order valence-corrected chi connectivity index (χ4v) is 9.36. The second kappa shape index (κ2) is 10.7. The Labute approximate surface area is 285 Å². The lowest BCUT2D eigenvalue weighted by Gasteiger charge is -2.51. The molecule has 0 spiro atoms. The van der Waals surface area contributed by atoms with Crippen molar-refractivity contribution in [2.75, 3.05) is 9.80 Å². The number of aryl methyl sites for hydroxylation is 1. The predicted octanol–water partition coefficient (Wildman–Crippen LogP) is 7.01. The van der Waals surface area contributed by atoms with Crippen LogP contribution in [0.1, 0.15) is 36.8 Å². The number of hydrogen-bond donors (Lipinski definition) is 1. The van der Waals surface area contributed by atoms with Crippen molar-refractivity contribution in [3.05, 3.63) is 114 Å². The number of fused-ring (bicyclic) bond motifs is 5. The van der Waals surface area contributed by atoms with Crippen LogP contribution in [0.2, 0.25) is 0 Å². The first-order valence-corrected chi connectivity index (χ1v) is 16.7. The third-order valence-corrected chi connectivity index (χ3v) is 12.1. The largest absolute Gasteiger partial charge is 0.508 e. The highest BCUT2D eigenvalue weighted by Crippen LogP contribution is 2.67. The van der Waals surface area contributed by atoms with E-state index in [0.717, 1.165) is 34.4 Å². The number of allylic oxidation sites excluding steroid dienone is 2. The number of hydrogen-bond acceptors (Lipinski definition) is 5. The molecule has 6 atom stereocenters. The van der Waals surface area contributed by atoms with Crippen molar-refractivity contribution in [1.82, 2.24) is 0 Å². The Bertz CT molecular complexity index is 2100. The number of anilines is 2. The SMILES string of the molecule is CCc1ccc(N2C(=O)C3CC=C4C(CC5(Cl)C(=O)N(c6ccc(F)cc6)C(=O)C5(Cl)C4c4c(O)ccc5ccccc45)C3C2=O)cc1. The van der Waals surface area contributed by atoms with Crippen LogP contribution in [-0.4, -0.2) is 38.5 Å². The maximum absolute atomic E-state index is 14.7. The van der Waals surface area contributed by atoms with Crippen LogP contribution in [0.15, 0.2) is 96.6 Å². The minimum absolute atomic E-state index is 0.0883. The van der Waals surface area contributed by atoms with Gasteiger partial charge in [0.05, 0.1) is 23.2 Å². The third-order valence-electron chi connectivity index (χ3n) is 10.7. The molecule has 2 saturated heterocycles. The number of carbonyl (C=O) groups is 4. The molecule has 4 aromatic carbocycles. The van der Waals surface area contributed by atoms with Crippen molar-refractivity contribution in [3.63, 3.8) is 0 Å². The zero-order chi connectivity index (χ0) is 33.7. The predicted molar refractivity (Wildman–Crippen MR) is 181 cm³/mol. The van der Waals surface area contributed by atoms with Gasteiger partial charge in [-0.15, -0.1) is 23.2 Å². The molecule has 3 fully saturated rings. The summed E-state index contributed by atoms with van der Waals surface area (Å²) < 4.78 is 13.9. The standard InChI is InChI=1S/C38H29Cl2FN2O5/c1-2-20-7-12-23(13-8-20)42-33(45)27-17-16-26-28(30(27)34(42)46)19-37(39)35(47)43(24-14-10-22(41)11-15-24)36(48)38(37,40)32(26)31-25-6-4-3-5-21(25)9-18-29(31)44/h3-16,18,27-28,30,32,44H,2,17,19H2,1H3. The van der Waals surface area contributed by atoms with Crippen LogP contribution >= 0.6 is 23.2 Å². The Hall–Kier alpha value is -4.53. The van der Waals surface area contributed by atoms with E-state index >= 15 is 0 Å². The Balaban J connectivity index is 1.33. The molecule has 4 aromatic rings. The first kappa shape index (κ1) is 30.8. The summed E-state index contributed by atoms with van der Waals surface area (Å²) >= 11 is 15.0. The molecule has 10 heteroatoms. The number of halogens is 3. The molecule has 48 heavy (non-hydrogen) atoms. The smallest absolute Gasteiger partial charge is 0.258 e. The molecular weight excluding hydrogens is 654 g/mol. The molecule has 0 aromatic heterocycles. The number of alkyl halides is 2. The highest BCUT2D eigenvalue weighted by molar-refractivity contribution is 6.58. The van der Waals surface area contributed by atoms with Gasteiger partial charge in [-0.05, 0) is 84.0 Å². The summed E-state index contributed by atoms with van der Waals surface area (Å²) in [6, 6.07) is 22.7. The second-order valence-electron chi connectivity index (χ2n) is 13.0. The van der Waals surface area contributed by atoms with Gasteiger partial charge in [-0.2, -0.15) is 0 Å². The van der Waals surface area contributed by atoms with Gasteiger partial charge in [-0.3, -0.25) is 24.1 Å². The van der Waals surface area contributed by atoms with Crippen molar-refractivity contribution in [2.45, 2.75) is 41.9 Å². The quantitative estimate of drug-likeness (QED) is 0.142. The highest BCUT2D eigenvalue weighted by Gasteiger charge is 2.77. The van der Waals surface area contributed by atoms with Crippen LogP contribution < -0.4 is 9.80 Å². The van der Waals surface area contributed by atoms with Crippen LogP contribution in [0.4, 0.5) is 15.8 Å². The van der Waals surface area contributed by atoms with Gasteiger partial charge in [0.1, 0.15) is 11.6 Å². The summed E-state index contributed by atoms with van der Waals surface area (Å²) in [5.41, 5.74) is 2.47. The van der Waals surface area contributed by atoms with E-state index in [0.29, 0.717) is 22.2 Å². The molecule has 8 rings (SSSR count). The summed E-state index contributed by atoms with van der Waals surface area (Å²) in [7, 11) is 0. The molecule has 1 N–H and O–H groups in total. The van der Waals surface area contributed by atoms with E-state index in [4.69, 9.17) is 23.2 Å². The van der Waals surface area contributed by atoms with Crippen molar-refractivity contribution in [1.29, 1.82) is 0 Å². The van der Waals surface area contributed by atoms with Gasteiger partial charge >= 0.3 is 0 Å². The number of benzene rings is 4.